The van der Waals surface area contributed by atoms with Crippen molar-refractivity contribution in [2.24, 2.45) is 11.7 Å². The summed E-state index contributed by atoms with van der Waals surface area (Å²) in [6.07, 6.45) is 5.25. The van der Waals surface area contributed by atoms with Gasteiger partial charge in [-0.15, -0.1) is 0 Å². The van der Waals surface area contributed by atoms with Gasteiger partial charge in [0.15, 0.2) is 0 Å². The predicted molar refractivity (Wildman–Crippen MR) is 135 cm³/mol. The minimum Gasteiger partial charge on any atom is -0.401 e. The van der Waals surface area contributed by atoms with Gasteiger partial charge in [-0.2, -0.15) is 0 Å². The summed E-state index contributed by atoms with van der Waals surface area (Å²) < 4.78 is 2.32. The fraction of sp³-hybridized carbons (Fsp3) is 0.346. The molecule has 2 nitrogen and oxygen atoms in total. The summed E-state index contributed by atoms with van der Waals surface area (Å²) in [5.74, 6) is 5.27. The number of benzene rings is 2. The molecule has 0 radical (unpaired) electrons. The first-order valence-electron chi connectivity index (χ1n) is 10.3. The van der Waals surface area contributed by atoms with E-state index >= 15 is 0 Å². The van der Waals surface area contributed by atoms with E-state index in [2.05, 4.69) is 106 Å². The van der Waals surface area contributed by atoms with Crippen molar-refractivity contribution in [3.05, 3.63) is 76.8 Å². The average Bonchev–Trinajstić information content (AvgIpc) is 2.70. The Labute approximate surface area is 180 Å². The van der Waals surface area contributed by atoms with Crippen molar-refractivity contribution >= 4 is 28.7 Å². The summed E-state index contributed by atoms with van der Waals surface area (Å²) in [6, 6.07) is 17.1. The maximum absolute atomic E-state index is 5.91. The van der Waals surface area contributed by atoms with Crippen molar-refractivity contribution in [1.82, 2.24) is 4.31 Å². The smallest absolute Gasteiger partial charge is 0.0478 e. The van der Waals surface area contributed by atoms with E-state index in [1.807, 2.05) is 6.07 Å². The van der Waals surface area contributed by atoms with Crippen molar-refractivity contribution < 1.29 is 0 Å². The van der Waals surface area contributed by atoms with Crippen LogP contribution in [0.1, 0.15) is 40.2 Å². The largest absolute Gasteiger partial charge is 0.401 e. The monoisotopic (exact) mass is 410 g/mol. The zero-order valence-electron chi connectivity index (χ0n) is 18.8. The molecule has 0 saturated carbocycles. The molecule has 3 heteroatoms. The van der Waals surface area contributed by atoms with Gasteiger partial charge in [-0.25, -0.2) is 4.31 Å². The first-order valence-corrected chi connectivity index (χ1v) is 11.6. The SMILES string of the molecule is C=C(N)CN(CCc1ccccc1)S(=C)c1ccc(=C/C)/c(=C\C)c1.CC(C)C. The molecule has 0 heterocycles. The van der Waals surface area contributed by atoms with Crippen LogP contribution in [0.3, 0.4) is 0 Å². The van der Waals surface area contributed by atoms with E-state index in [9.17, 15) is 0 Å². The van der Waals surface area contributed by atoms with Crippen LogP contribution in [-0.2, 0) is 6.42 Å². The van der Waals surface area contributed by atoms with Gasteiger partial charge in [0, 0.05) is 23.7 Å². The molecule has 2 aromatic rings. The summed E-state index contributed by atoms with van der Waals surface area (Å²) in [5.41, 5.74) is 7.91. The third-order valence-corrected chi connectivity index (χ3v) is 5.87. The Hall–Kier alpha value is -2.10. The van der Waals surface area contributed by atoms with E-state index in [0.717, 1.165) is 18.9 Å². The van der Waals surface area contributed by atoms with Crippen LogP contribution >= 0.6 is 10.7 Å². The molecule has 0 amide bonds. The molecule has 0 aliphatic rings. The fourth-order valence-electron chi connectivity index (χ4n) is 2.75. The highest BCUT2D eigenvalue weighted by Gasteiger charge is 2.11. The standard InChI is InChI=1S/C22H28N2S.C4H10/c1-5-20-12-13-22(16-21(20)6-2)25(4)24(17-18(3)23)15-14-19-10-8-7-9-11-19;1-4(2)3/h5-13,16H,3-4,14-15,17,23H2,1-2H3;4H,1-3H3/b20-5-,21-6-;. The van der Waals surface area contributed by atoms with Gasteiger partial charge in [0.2, 0.25) is 0 Å². The van der Waals surface area contributed by atoms with Crippen molar-refractivity contribution in [2.75, 3.05) is 13.1 Å². The van der Waals surface area contributed by atoms with Gasteiger partial charge in [0.05, 0.1) is 0 Å². The maximum atomic E-state index is 5.91. The molecule has 0 bridgehead atoms. The Bertz CT molecular complexity index is 895. The predicted octanol–water partition coefficient (Wildman–Crippen LogP) is 4.94. The molecule has 2 rings (SSSR count). The Morgan fingerprint density at radius 3 is 2.14 bits per heavy atom. The molecule has 0 aliphatic heterocycles. The third kappa shape index (κ3) is 9.29. The van der Waals surface area contributed by atoms with Crippen LogP contribution in [0.4, 0.5) is 0 Å². The van der Waals surface area contributed by atoms with Crippen molar-refractivity contribution in [3.8, 4) is 0 Å². The summed E-state index contributed by atoms with van der Waals surface area (Å²) in [4.78, 5) is 1.23. The first-order chi connectivity index (χ1) is 13.8. The Kier molecular flexibility index (Phi) is 11.3. The number of nitrogens with two attached hydrogens (primary N) is 1. The topological polar surface area (TPSA) is 29.3 Å². The van der Waals surface area contributed by atoms with E-state index in [0.29, 0.717) is 12.2 Å². The fourth-order valence-corrected chi connectivity index (χ4v) is 4.17. The molecule has 29 heavy (non-hydrogen) atoms. The molecule has 0 aliphatic carbocycles. The summed E-state index contributed by atoms with van der Waals surface area (Å²) in [5, 5.41) is 2.50. The highest BCUT2D eigenvalue weighted by Crippen LogP contribution is 2.28. The van der Waals surface area contributed by atoms with Gasteiger partial charge in [-0.05, 0) is 54.3 Å². The van der Waals surface area contributed by atoms with Crippen molar-refractivity contribution in [3.63, 3.8) is 0 Å². The molecular weight excluding hydrogens is 372 g/mol. The maximum Gasteiger partial charge on any atom is 0.0478 e. The van der Waals surface area contributed by atoms with E-state index < -0.39 is 0 Å². The number of hydrogen-bond acceptors (Lipinski definition) is 2. The first kappa shape index (κ1) is 24.9. The summed E-state index contributed by atoms with van der Waals surface area (Å²) in [7, 11) is -0.279. The van der Waals surface area contributed by atoms with Crippen LogP contribution in [0.5, 0.6) is 0 Å². The van der Waals surface area contributed by atoms with E-state index in [1.54, 1.807) is 0 Å². The lowest BCUT2D eigenvalue weighted by Gasteiger charge is -2.26. The Balaban J connectivity index is 0.000000960. The second kappa shape index (κ2) is 13.2. The number of rotatable bonds is 7. The van der Waals surface area contributed by atoms with Gasteiger partial charge >= 0.3 is 0 Å². The van der Waals surface area contributed by atoms with Crippen LogP contribution in [0.25, 0.3) is 12.2 Å². The van der Waals surface area contributed by atoms with Gasteiger partial charge < -0.3 is 5.73 Å². The lowest BCUT2D eigenvalue weighted by molar-refractivity contribution is 0.508. The molecular formula is C26H38N2S. The van der Waals surface area contributed by atoms with Gasteiger partial charge in [-0.1, -0.05) is 92.4 Å². The molecule has 1 unspecified atom stereocenters. The zero-order chi connectivity index (χ0) is 21.8. The summed E-state index contributed by atoms with van der Waals surface area (Å²) in [6.45, 7) is 16.1. The van der Waals surface area contributed by atoms with Crippen molar-refractivity contribution in [1.29, 1.82) is 0 Å². The van der Waals surface area contributed by atoms with Crippen LogP contribution in [0.2, 0.25) is 0 Å². The van der Waals surface area contributed by atoms with Crippen LogP contribution in [-0.4, -0.2) is 23.3 Å². The summed E-state index contributed by atoms with van der Waals surface area (Å²) >= 11 is 0. The molecule has 0 aromatic heterocycles. The molecule has 0 fully saturated rings. The van der Waals surface area contributed by atoms with Gasteiger partial charge in [0.25, 0.3) is 0 Å². The van der Waals surface area contributed by atoms with Gasteiger partial charge in [-0.3, -0.25) is 0 Å². The molecule has 0 spiro atoms. The van der Waals surface area contributed by atoms with Crippen molar-refractivity contribution in [2.45, 2.75) is 45.9 Å². The van der Waals surface area contributed by atoms with Gasteiger partial charge in [0.1, 0.15) is 0 Å². The highest BCUT2D eigenvalue weighted by atomic mass is 32.2. The normalized spacial score (nSPS) is 13.3. The Morgan fingerprint density at radius 1 is 1.03 bits per heavy atom. The van der Waals surface area contributed by atoms with Crippen LogP contribution in [0, 0.1) is 5.92 Å². The second-order valence-corrected chi connectivity index (χ2v) is 9.44. The molecule has 2 aromatic carbocycles. The minimum atomic E-state index is -0.279. The van der Waals surface area contributed by atoms with Crippen LogP contribution in [0.15, 0.2) is 65.7 Å². The third-order valence-electron chi connectivity index (χ3n) is 4.14. The lowest BCUT2D eigenvalue weighted by atomic mass is 10.1. The molecule has 2 N–H and O–H groups in total. The van der Waals surface area contributed by atoms with E-state index in [1.165, 1.54) is 20.9 Å². The lowest BCUT2D eigenvalue weighted by Crippen LogP contribution is -2.27. The quantitative estimate of drug-likeness (QED) is 0.655. The zero-order valence-corrected chi connectivity index (χ0v) is 19.6. The minimum absolute atomic E-state index is 0.279. The number of hydrogen-bond donors (Lipinski definition) is 1. The Morgan fingerprint density at radius 2 is 1.62 bits per heavy atom. The molecule has 0 saturated heterocycles. The molecule has 1 atom stereocenters. The van der Waals surface area contributed by atoms with E-state index in [-0.39, 0.29) is 10.7 Å². The van der Waals surface area contributed by atoms with E-state index in [4.69, 9.17) is 5.73 Å². The second-order valence-electron chi connectivity index (χ2n) is 7.72. The van der Waals surface area contributed by atoms with Crippen LogP contribution < -0.4 is 16.2 Å². The highest BCUT2D eigenvalue weighted by molar-refractivity contribution is 8.12. The average molecular weight is 411 g/mol. The molecule has 158 valence electrons. The number of nitrogens with zero attached hydrogens (tertiary/aromatic N) is 1.